The van der Waals surface area contributed by atoms with E-state index in [4.69, 9.17) is 11.6 Å². The maximum atomic E-state index is 13.6. The largest absolute Gasteiger partial charge is 0.435 e. The number of halogens is 6. The quantitative estimate of drug-likeness (QED) is 0.374. The molecule has 1 aromatic carbocycles. The fraction of sp³-hybridized carbons (Fsp3) is 0.464. The first-order valence-corrected chi connectivity index (χ1v) is 14.6. The van der Waals surface area contributed by atoms with E-state index >= 15 is 0 Å². The van der Waals surface area contributed by atoms with Gasteiger partial charge in [-0.05, 0) is 44.1 Å². The smallest absolute Gasteiger partial charge is 0.339 e. The number of imidazole rings is 1. The van der Waals surface area contributed by atoms with Crippen LogP contribution in [0.25, 0.3) is 11.3 Å². The van der Waals surface area contributed by atoms with Crippen molar-refractivity contribution in [2.45, 2.75) is 32.0 Å². The first-order chi connectivity index (χ1) is 21.3. The minimum absolute atomic E-state index is 0.00244. The van der Waals surface area contributed by atoms with E-state index in [0.717, 1.165) is 42.9 Å². The second-order valence-corrected chi connectivity index (χ2v) is 11.2. The lowest BCUT2D eigenvalue weighted by Crippen LogP contribution is -2.52. The number of amides is 3. The first kappa shape index (κ1) is 32.3. The number of aromatic nitrogens is 4. The van der Waals surface area contributed by atoms with E-state index in [1.165, 1.54) is 25.2 Å². The first-order valence-electron chi connectivity index (χ1n) is 14.2. The molecule has 3 amide bonds. The van der Waals surface area contributed by atoms with Crippen LogP contribution in [0, 0.1) is 5.92 Å². The number of nitrogens with zero attached hydrogens (tertiary/aromatic N) is 6. The molecule has 2 saturated heterocycles. The van der Waals surface area contributed by atoms with E-state index in [2.05, 4.69) is 20.7 Å². The number of alkyl halides is 5. The Morgan fingerprint density at radius 3 is 2.38 bits per heavy atom. The molecule has 5 rings (SSSR count). The van der Waals surface area contributed by atoms with Gasteiger partial charge >= 0.3 is 6.18 Å². The molecule has 2 aliphatic rings. The molecule has 11 nitrogen and oxygen atoms in total. The molecule has 0 unspecified atom stereocenters. The van der Waals surface area contributed by atoms with Gasteiger partial charge in [-0.2, -0.15) is 18.3 Å². The number of rotatable bonds is 7. The Labute approximate surface area is 259 Å². The molecule has 242 valence electrons. The molecule has 2 aliphatic heterocycles. The number of nitrogens with one attached hydrogen (secondary N) is 2. The fourth-order valence-electron chi connectivity index (χ4n) is 5.50. The third-order valence-electron chi connectivity index (χ3n) is 7.85. The third kappa shape index (κ3) is 7.11. The summed E-state index contributed by atoms with van der Waals surface area (Å²) in [7, 11) is 1.30. The van der Waals surface area contributed by atoms with Gasteiger partial charge in [0.15, 0.2) is 11.5 Å². The molecule has 0 saturated carbocycles. The van der Waals surface area contributed by atoms with Crippen LogP contribution in [0.4, 0.5) is 27.6 Å². The molecule has 0 atom stereocenters. The number of anilines is 1. The van der Waals surface area contributed by atoms with Crippen molar-refractivity contribution in [3.05, 3.63) is 52.7 Å². The highest BCUT2D eigenvalue weighted by Gasteiger charge is 2.39. The molecule has 17 heteroatoms. The van der Waals surface area contributed by atoms with Crippen LogP contribution < -0.4 is 10.6 Å². The zero-order valence-electron chi connectivity index (χ0n) is 24.1. The number of carbonyl (C=O) groups is 3. The van der Waals surface area contributed by atoms with Crippen LogP contribution >= 0.6 is 11.6 Å². The van der Waals surface area contributed by atoms with Crippen molar-refractivity contribution in [3.63, 3.8) is 0 Å². The monoisotopic (exact) mass is 656 g/mol. The maximum absolute atomic E-state index is 13.6. The number of hydrogen-bond donors (Lipinski definition) is 2. The second kappa shape index (κ2) is 13.1. The number of benzene rings is 1. The molecule has 2 N–H and O–H groups in total. The Bertz CT molecular complexity index is 1580. The van der Waals surface area contributed by atoms with E-state index in [0.29, 0.717) is 30.9 Å². The van der Waals surface area contributed by atoms with Crippen molar-refractivity contribution >= 4 is 35.0 Å². The fourth-order valence-corrected chi connectivity index (χ4v) is 5.77. The van der Waals surface area contributed by atoms with Gasteiger partial charge in [0.1, 0.15) is 6.54 Å². The molecular weight excluding hydrogens is 627 g/mol. The van der Waals surface area contributed by atoms with Crippen molar-refractivity contribution in [1.82, 2.24) is 34.4 Å². The molecule has 0 bridgehead atoms. The molecule has 3 aromatic rings. The Kier molecular flexibility index (Phi) is 9.44. The summed E-state index contributed by atoms with van der Waals surface area (Å²) in [6, 6.07) is 4.27. The molecule has 4 heterocycles. The summed E-state index contributed by atoms with van der Waals surface area (Å²) in [6.07, 6.45) is -4.43. The summed E-state index contributed by atoms with van der Waals surface area (Å²) in [4.78, 5) is 46.4. The summed E-state index contributed by atoms with van der Waals surface area (Å²) in [6.45, 7) is 2.13. The third-order valence-corrected chi connectivity index (χ3v) is 8.16. The molecule has 0 radical (unpaired) electrons. The van der Waals surface area contributed by atoms with Crippen LogP contribution in [0.3, 0.4) is 0 Å². The van der Waals surface area contributed by atoms with Gasteiger partial charge in [0.05, 0.1) is 28.0 Å². The van der Waals surface area contributed by atoms with E-state index in [1.807, 2.05) is 0 Å². The topological polar surface area (TPSA) is 117 Å². The Hall–Kier alpha value is -4.05. The van der Waals surface area contributed by atoms with Crippen LogP contribution in [0.2, 0.25) is 5.02 Å². The van der Waals surface area contributed by atoms with Gasteiger partial charge in [0, 0.05) is 51.0 Å². The number of piperazine rings is 1. The summed E-state index contributed by atoms with van der Waals surface area (Å²) in [5.41, 5.74) is -1.67. The van der Waals surface area contributed by atoms with Crippen LogP contribution in [-0.2, 0) is 24.6 Å². The Balaban J connectivity index is 1.24. The normalized spacial score (nSPS) is 16.4. The highest BCUT2D eigenvalue weighted by Crippen LogP contribution is 2.36. The minimum atomic E-state index is -4.94. The van der Waals surface area contributed by atoms with E-state index in [1.54, 1.807) is 9.80 Å². The standard InChI is InChI=1S/C28H30ClF5N8O3/c1-39-21(19-14-42(15-22(30)31)38-23(19)28(32,33)34)13-36-24(39)25(43)37-17-2-3-18(20(29)12-17)27(45)41-10-8-40(9-11-41)26(44)16-4-6-35-7-5-16/h2-3,12-14,16,22,35H,4-11,15H2,1H3,(H,37,43). The summed E-state index contributed by atoms with van der Waals surface area (Å²) < 4.78 is 68.0. The van der Waals surface area contributed by atoms with Crippen LogP contribution in [0.5, 0.6) is 0 Å². The van der Waals surface area contributed by atoms with Gasteiger partial charge in [-0.3, -0.25) is 19.1 Å². The van der Waals surface area contributed by atoms with Gasteiger partial charge in [-0.25, -0.2) is 13.8 Å². The van der Waals surface area contributed by atoms with Crippen molar-refractivity contribution in [1.29, 1.82) is 0 Å². The summed E-state index contributed by atoms with van der Waals surface area (Å²) >= 11 is 6.41. The molecule has 2 fully saturated rings. The highest BCUT2D eigenvalue weighted by atomic mass is 35.5. The molecule has 2 aromatic heterocycles. The Morgan fingerprint density at radius 1 is 1.09 bits per heavy atom. The van der Waals surface area contributed by atoms with Crippen molar-refractivity contribution in [2.75, 3.05) is 44.6 Å². The van der Waals surface area contributed by atoms with Crippen LogP contribution in [-0.4, -0.2) is 92.5 Å². The summed E-state index contributed by atoms with van der Waals surface area (Å²) in [5, 5.41) is 9.12. The minimum Gasteiger partial charge on any atom is -0.339 e. The lowest BCUT2D eigenvalue weighted by atomic mass is 9.96. The van der Waals surface area contributed by atoms with E-state index < -0.39 is 36.3 Å². The lowest BCUT2D eigenvalue weighted by molar-refractivity contribution is -0.141. The van der Waals surface area contributed by atoms with Crippen molar-refractivity contribution in [2.24, 2.45) is 13.0 Å². The average Bonchev–Trinajstić information content (AvgIpc) is 3.60. The maximum Gasteiger partial charge on any atom is 0.435 e. The van der Waals surface area contributed by atoms with Gasteiger partial charge in [-0.15, -0.1) is 0 Å². The molecular formula is C28H30ClF5N8O3. The zero-order chi connectivity index (χ0) is 32.5. The number of piperidine rings is 1. The predicted molar refractivity (Wildman–Crippen MR) is 153 cm³/mol. The SMILES string of the molecule is Cn1c(-c2cn(CC(F)F)nc2C(F)(F)F)cnc1C(=O)Nc1ccc(C(=O)N2CCN(C(=O)C3CCNCC3)CC2)c(Cl)c1. The van der Waals surface area contributed by atoms with E-state index in [9.17, 15) is 36.3 Å². The van der Waals surface area contributed by atoms with Crippen molar-refractivity contribution < 1.29 is 36.3 Å². The van der Waals surface area contributed by atoms with Crippen LogP contribution in [0.15, 0.2) is 30.6 Å². The van der Waals surface area contributed by atoms with E-state index in [-0.39, 0.29) is 45.5 Å². The van der Waals surface area contributed by atoms with Crippen molar-refractivity contribution in [3.8, 4) is 11.3 Å². The van der Waals surface area contributed by atoms with Gasteiger partial charge in [0.25, 0.3) is 18.2 Å². The Morgan fingerprint density at radius 2 is 1.76 bits per heavy atom. The van der Waals surface area contributed by atoms with Crippen LogP contribution in [0.1, 0.15) is 39.5 Å². The van der Waals surface area contributed by atoms with Gasteiger partial charge in [-0.1, -0.05) is 11.6 Å². The zero-order valence-corrected chi connectivity index (χ0v) is 24.8. The number of hydrogen-bond acceptors (Lipinski definition) is 6. The summed E-state index contributed by atoms with van der Waals surface area (Å²) in [5.74, 6) is -1.27. The predicted octanol–water partition coefficient (Wildman–Crippen LogP) is 3.76. The second-order valence-electron chi connectivity index (χ2n) is 10.8. The van der Waals surface area contributed by atoms with Gasteiger partial charge < -0.3 is 25.0 Å². The lowest BCUT2D eigenvalue weighted by Gasteiger charge is -2.37. The van der Waals surface area contributed by atoms with Gasteiger partial charge in [0.2, 0.25) is 5.91 Å². The molecule has 0 spiro atoms. The highest BCUT2D eigenvalue weighted by molar-refractivity contribution is 6.34. The molecule has 45 heavy (non-hydrogen) atoms. The molecule has 0 aliphatic carbocycles. The number of carbonyl (C=O) groups excluding carboxylic acids is 3. The average molecular weight is 657 g/mol.